The Hall–Kier alpha value is -6.57. The minimum Gasteiger partial charge on any atom is -0.508 e. The lowest BCUT2D eigenvalue weighted by Crippen LogP contribution is -2.34. The van der Waals surface area contributed by atoms with Gasteiger partial charge in [-0.2, -0.15) is 0 Å². The van der Waals surface area contributed by atoms with Gasteiger partial charge in [-0.1, -0.05) is 0 Å². The molecular weight excluding hydrogens is 817 g/mol. The highest BCUT2D eigenvalue weighted by Gasteiger charge is 2.32. The molecule has 6 heterocycles. The number of nitrogens with zero attached hydrogens (tertiary/aromatic N) is 6. The van der Waals surface area contributed by atoms with Gasteiger partial charge in [0.1, 0.15) is 40.4 Å². The van der Waals surface area contributed by atoms with Crippen LogP contribution in [-0.4, -0.2) is 61.2 Å². The minimum atomic E-state index is -0.322. The van der Waals surface area contributed by atoms with Gasteiger partial charge in [0.15, 0.2) is 17.5 Å². The lowest BCUT2D eigenvalue weighted by Gasteiger charge is -2.33. The fraction of sp³-hybridized carbons (Fsp3) is 0.245. The predicted molar refractivity (Wildman–Crippen MR) is 244 cm³/mol. The number of hydrogen-bond donors (Lipinski definition) is 2. The molecule has 1 fully saturated rings. The van der Waals surface area contributed by atoms with E-state index in [2.05, 4.69) is 50.6 Å². The summed E-state index contributed by atoms with van der Waals surface area (Å²) in [5, 5.41) is 30.9. The first-order chi connectivity index (χ1) is 30.2. The lowest BCUT2D eigenvalue weighted by atomic mass is 9.93. The zero-order valence-corrected chi connectivity index (χ0v) is 36.2. The normalized spacial score (nSPS) is 15.3. The molecule has 62 heavy (non-hydrogen) atoms. The molecule has 0 bridgehead atoms. The Labute approximate surface area is 366 Å². The largest absolute Gasteiger partial charge is 0.508 e. The van der Waals surface area contributed by atoms with Crippen molar-refractivity contribution in [2.45, 2.75) is 52.5 Å². The van der Waals surface area contributed by atoms with Crippen molar-refractivity contribution in [3.05, 3.63) is 154 Å². The summed E-state index contributed by atoms with van der Waals surface area (Å²) in [6.45, 7) is 8.81. The van der Waals surface area contributed by atoms with Crippen molar-refractivity contribution >= 4 is 49.9 Å². The maximum absolute atomic E-state index is 14.1. The Kier molecular flexibility index (Phi) is 10.4. The van der Waals surface area contributed by atoms with Crippen molar-refractivity contribution in [3.63, 3.8) is 0 Å². The van der Waals surface area contributed by atoms with Crippen LogP contribution in [0.4, 0.5) is 5.69 Å². The van der Waals surface area contributed by atoms with E-state index in [9.17, 15) is 15.0 Å². The van der Waals surface area contributed by atoms with Gasteiger partial charge in [-0.05, 0) is 148 Å². The summed E-state index contributed by atoms with van der Waals surface area (Å²) in [5.74, 6) is 3.85. The monoisotopic (exact) mass is 860 g/mol. The maximum Gasteiger partial charge on any atom is 0.196 e. The summed E-state index contributed by atoms with van der Waals surface area (Å²) in [6.07, 6.45) is 6.82. The number of thiophene rings is 2. The zero-order chi connectivity index (χ0) is 42.5. The summed E-state index contributed by atoms with van der Waals surface area (Å²) in [4.78, 5) is 28.3. The first-order valence-electron chi connectivity index (χ1n) is 20.8. The molecule has 2 N–H and O–H groups in total. The van der Waals surface area contributed by atoms with Crippen LogP contribution in [0.5, 0.6) is 17.2 Å². The summed E-state index contributed by atoms with van der Waals surface area (Å²) in [7, 11) is 0. The molecular formula is C49H44N6O5S2. The quantitative estimate of drug-likeness (QED) is 0.122. The number of aromatic hydroxyl groups is 2. The van der Waals surface area contributed by atoms with E-state index >= 15 is 0 Å². The van der Waals surface area contributed by atoms with E-state index in [1.54, 1.807) is 54.1 Å². The molecule has 11 nitrogen and oxygen atoms in total. The molecule has 2 aliphatic heterocycles. The van der Waals surface area contributed by atoms with Crippen LogP contribution in [0.3, 0.4) is 0 Å². The van der Waals surface area contributed by atoms with E-state index in [1.165, 1.54) is 21.8 Å². The van der Waals surface area contributed by atoms with Gasteiger partial charge in [-0.15, -0.1) is 32.9 Å². The second kappa shape index (κ2) is 16.4. The molecule has 0 unspecified atom stereocenters. The van der Waals surface area contributed by atoms with E-state index in [4.69, 9.17) is 14.1 Å². The average molecular weight is 861 g/mol. The number of ether oxygens (including phenoxy) is 1. The van der Waals surface area contributed by atoms with Gasteiger partial charge in [0.05, 0.1) is 24.9 Å². The number of phenolic OH excluding ortho intramolecular Hbond substituents is 2. The highest BCUT2D eigenvalue weighted by molar-refractivity contribution is 7.22. The SMILES string of the molecule is Cc1sc2c(c1C)C(c1ccc(OCCC3CCN(c4ccc(C(=O)c5c(-c6ccc(O)cc6)sc6cc(O)ccc56)cc4)CC3)cc1)=N[C@@H](Cc1ncco1)c1nnc(C)n1-2. The lowest BCUT2D eigenvalue weighted by molar-refractivity contribution is 0.104. The van der Waals surface area contributed by atoms with E-state index in [0.29, 0.717) is 36.0 Å². The summed E-state index contributed by atoms with van der Waals surface area (Å²) in [5.41, 5.74) is 7.39. The molecule has 4 aromatic carbocycles. The number of carbonyl (C=O) groups is 1. The van der Waals surface area contributed by atoms with Crippen LogP contribution in [0.1, 0.15) is 80.3 Å². The van der Waals surface area contributed by atoms with Gasteiger partial charge < -0.3 is 24.3 Å². The van der Waals surface area contributed by atoms with Crippen LogP contribution in [0, 0.1) is 26.7 Å². The summed E-state index contributed by atoms with van der Waals surface area (Å²) < 4.78 is 14.9. The van der Waals surface area contributed by atoms with Gasteiger partial charge in [-0.25, -0.2) is 4.98 Å². The van der Waals surface area contributed by atoms with Crippen LogP contribution in [0.15, 0.2) is 113 Å². The first-order valence-corrected chi connectivity index (χ1v) is 22.5. The molecule has 2 aliphatic rings. The van der Waals surface area contributed by atoms with Crippen LogP contribution >= 0.6 is 22.7 Å². The number of phenols is 2. The Morgan fingerprint density at radius 3 is 2.35 bits per heavy atom. The van der Waals surface area contributed by atoms with Crippen molar-refractivity contribution in [2.24, 2.45) is 10.9 Å². The maximum atomic E-state index is 14.1. The molecule has 0 amide bonds. The third-order valence-corrected chi connectivity index (χ3v) is 14.5. The first kappa shape index (κ1) is 39.6. The van der Waals surface area contributed by atoms with Gasteiger partial charge in [-0.3, -0.25) is 14.4 Å². The molecule has 0 aliphatic carbocycles. The van der Waals surface area contributed by atoms with Crippen LogP contribution in [0.25, 0.3) is 25.5 Å². The van der Waals surface area contributed by atoms with Crippen molar-refractivity contribution in [2.75, 3.05) is 24.6 Å². The number of aromatic nitrogens is 4. The second-order valence-corrected chi connectivity index (χ2v) is 18.3. The highest BCUT2D eigenvalue weighted by atomic mass is 32.1. The molecule has 312 valence electrons. The molecule has 13 heteroatoms. The number of hydrogen-bond acceptors (Lipinski definition) is 12. The van der Waals surface area contributed by atoms with Crippen molar-refractivity contribution in [1.82, 2.24) is 19.7 Å². The fourth-order valence-electron chi connectivity index (χ4n) is 8.67. The molecule has 0 radical (unpaired) electrons. The summed E-state index contributed by atoms with van der Waals surface area (Å²) >= 11 is 3.20. The number of benzene rings is 4. The van der Waals surface area contributed by atoms with Crippen molar-refractivity contribution in [3.8, 4) is 32.7 Å². The molecule has 1 atom stereocenters. The number of aliphatic imine (C=N–C) groups is 1. The van der Waals surface area contributed by atoms with Crippen molar-refractivity contribution in [1.29, 1.82) is 0 Å². The molecule has 8 aromatic rings. The van der Waals surface area contributed by atoms with E-state index in [0.717, 1.165) is 97.8 Å². The smallest absolute Gasteiger partial charge is 0.196 e. The third-order valence-electron chi connectivity index (χ3n) is 12.2. The molecule has 4 aromatic heterocycles. The number of rotatable bonds is 11. The Bertz CT molecular complexity index is 2940. The number of carbonyl (C=O) groups excluding carboxylic acids is 1. The van der Waals surface area contributed by atoms with Gasteiger partial charge in [0.2, 0.25) is 0 Å². The second-order valence-electron chi connectivity index (χ2n) is 16.0. The number of ketones is 1. The Morgan fingerprint density at radius 1 is 0.871 bits per heavy atom. The number of aryl methyl sites for hydroxylation is 2. The third kappa shape index (κ3) is 7.45. The molecule has 10 rings (SSSR count). The Balaban J connectivity index is 0.775. The standard InChI is InChI=1S/C49H44N6O5S2/c1-28-29(2)61-49-43(28)45(51-40(27-42-50-21-25-60-42)48-53-52-30(3)55(48)49)32-8-15-38(16-9-32)59-24-20-31-18-22-54(23-19-31)35-10-4-33(5-11-35)46(58)44-39-17-14-37(57)26-41(39)62-47(44)34-6-12-36(56)13-7-34/h4-17,21,25-26,31,40,56-57H,18-20,22-24,27H2,1-3H3/t40-/m0/s1. The van der Waals surface area contributed by atoms with Gasteiger partial charge >= 0.3 is 0 Å². The van der Waals surface area contributed by atoms with E-state index in [-0.39, 0.29) is 23.3 Å². The molecule has 0 spiro atoms. The zero-order valence-electron chi connectivity index (χ0n) is 34.5. The number of fused-ring (bicyclic) bond motifs is 4. The Morgan fingerprint density at radius 2 is 1.61 bits per heavy atom. The molecule has 1 saturated heterocycles. The van der Waals surface area contributed by atoms with Gasteiger partial charge in [0, 0.05) is 60.9 Å². The van der Waals surface area contributed by atoms with Gasteiger partial charge in [0.25, 0.3) is 0 Å². The van der Waals surface area contributed by atoms with Crippen LogP contribution in [0.2, 0.25) is 0 Å². The average Bonchev–Trinajstić information content (AvgIpc) is 4.07. The molecule has 0 saturated carbocycles. The topological polar surface area (TPSA) is 139 Å². The number of anilines is 1. The highest BCUT2D eigenvalue weighted by Crippen LogP contribution is 2.43. The number of piperidine rings is 1. The predicted octanol–water partition coefficient (Wildman–Crippen LogP) is 10.6. The van der Waals surface area contributed by atoms with E-state index < -0.39 is 0 Å². The van der Waals surface area contributed by atoms with Crippen LogP contribution < -0.4 is 9.64 Å². The number of oxazole rings is 1. The van der Waals surface area contributed by atoms with E-state index in [1.807, 2.05) is 55.5 Å². The fourth-order valence-corrected chi connectivity index (χ4v) is 11.1. The summed E-state index contributed by atoms with van der Waals surface area (Å²) in [6, 6.07) is 27.9. The minimum absolute atomic E-state index is 0.0707. The van der Waals surface area contributed by atoms with Crippen LogP contribution in [-0.2, 0) is 6.42 Å². The van der Waals surface area contributed by atoms with Crippen molar-refractivity contribution < 1.29 is 24.2 Å².